The third-order valence-electron chi connectivity index (χ3n) is 5.25. The fraction of sp³-hybridized carbons (Fsp3) is 0.171. The highest BCUT2D eigenvalue weighted by atomic mass is 35.5. The molecule has 0 aliphatic heterocycles. The first-order valence-electron chi connectivity index (χ1n) is 13.2. The topological polar surface area (TPSA) is 115 Å². The van der Waals surface area contributed by atoms with Crippen molar-refractivity contribution in [1.82, 2.24) is 15.0 Å². The van der Waals surface area contributed by atoms with Crippen LogP contribution < -0.4 is 10.3 Å². The van der Waals surface area contributed by atoms with E-state index in [0.717, 1.165) is 21.7 Å². The number of aromatic nitrogens is 3. The molecule has 0 saturated heterocycles. The molecule has 0 atom stereocenters. The maximum absolute atomic E-state index is 10.4. The maximum atomic E-state index is 10.4. The van der Waals surface area contributed by atoms with E-state index in [-0.39, 0.29) is 5.56 Å². The Bertz CT molecular complexity index is 1630. The SMILES string of the molecule is COc1cc(C)ccn1.Cc1cc[nH]c(=O)c1.Cc1ccc(C#N)cc1.Cc1ccc(Cl)cc1.Cc1ccnc(C#N)c1. The molecule has 0 amide bonds. The summed E-state index contributed by atoms with van der Waals surface area (Å²) in [7, 11) is 1.61. The van der Waals surface area contributed by atoms with Gasteiger partial charge in [0, 0.05) is 35.7 Å². The van der Waals surface area contributed by atoms with Crippen LogP contribution in [0, 0.1) is 57.3 Å². The largest absolute Gasteiger partial charge is 0.481 e. The molecule has 0 bridgehead atoms. The lowest BCUT2D eigenvalue weighted by Gasteiger charge is -1.96. The number of hydrogen-bond donors (Lipinski definition) is 1. The van der Waals surface area contributed by atoms with Gasteiger partial charge in [-0.3, -0.25) is 4.79 Å². The molecule has 5 aromatic rings. The standard InChI is InChI=1S/C8H7N.C7H7Cl.C7H6N2.C7H9NO.C6H7NO/c1-7-2-4-8(6-9)5-3-7;1-6-2-4-7(8)5-3-6;1-6-2-3-9-7(4-6)5-8;1-6-3-4-8-7(5-6)9-2;1-5-2-3-7-6(8)4-5/h2-5H,1H3;2-5H,1H3;2-4H,1H3;3-5H,1-2H3;2-4H,1H3,(H,7,8). The monoisotopic (exact) mass is 593 g/mol. The molecule has 3 heterocycles. The molecule has 43 heavy (non-hydrogen) atoms. The van der Waals surface area contributed by atoms with E-state index in [0.29, 0.717) is 11.6 Å². The molecule has 0 aliphatic rings. The van der Waals surface area contributed by atoms with Gasteiger partial charge in [0.05, 0.1) is 18.7 Å². The van der Waals surface area contributed by atoms with Crippen LogP contribution in [0.15, 0.2) is 108 Å². The highest BCUT2D eigenvalue weighted by Crippen LogP contribution is 2.08. The van der Waals surface area contributed by atoms with Crippen molar-refractivity contribution in [2.24, 2.45) is 0 Å². The number of methoxy groups -OCH3 is 1. The summed E-state index contributed by atoms with van der Waals surface area (Å²) in [6, 6.07) is 30.1. The number of aromatic amines is 1. The molecule has 0 fully saturated rings. The Balaban J connectivity index is 0.000000269. The Kier molecular flexibility index (Phi) is 17.2. The average molecular weight is 594 g/mol. The summed E-state index contributed by atoms with van der Waals surface area (Å²) in [5.74, 6) is 0.676. The fourth-order valence-corrected chi connectivity index (χ4v) is 3.06. The third kappa shape index (κ3) is 17.2. The zero-order valence-corrected chi connectivity index (χ0v) is 26.1. The van der Waals surface area contributed by atoms with Gasteiger partial charge in [-0.1, -0.05) is 47.0 Å². The zero-order chi connectivity index (χ0) is 32.0. The molecule has 3 aromatic heterocycles. The second-order valence-electron chi connectivity index (χ2n) is 9.21. The quantitative estimate of drug-likeness (QED) is 0.211. The number of nitriles is 2. The lowest BCUT2D eigenvalue weighted by molar-refractivity contribution is 0.397. The van der Waals surface area contributed by atoms with Crippen molar-refractivity contribution in [3.05, 3.63) is 158 Å². The number of pyridine rings is 3. The first kappa shape index (κ1) is 35.8. The van der Waals surface area contributed by atoms with E-state index < -0.39 is 0 Å². The lowest BCUT2D eigenvalue weighted by atomic mass is 10.2. The summed E-state index contributed by atoms with van der Waals surface area (Å²) in [6.07, 6.45) is 5.00. The molecule has 0 unspecified atom stereocenters. The van der Waals surface area contributed by atoms with E-state index in [1.165, 1.54) is 16.7 Å². The normalized spacial score (nSPS) is 8.86. The van der Waals surface area contributed by atoms with Crippen LogP contribution in [0.3, 0.4) is 0 Å². The molecule has 5 rings (SSSR count). The smallest absolute Gasteiger partial charge is 0.248 e. The number of hydrogen-bond acceptors (Lipinski definition) is 6. The molecule has 0 saturated carbocycles. The first-order chi connectivity index (χ1) is 20.6. The van der Waals surface area contributed by atoms with Crippen molar-refractivity contribution < 1.29 is 4.74 Å². The predicted molar refractivity (Wildman–Crippen MR) is 173 cm³/mol. The van der Waals surface area contributed by atoms with Gasteiger partial charge in [0.25, 0.3) is 0 Å². The number of aryl methyl sites for hydroxylation is 5. The van der Waals surface area contributed by atoms with E-state index in [2.05, 4.69) is 21.0 Å². The number of nitrogens with zero attached hydrogens (tertiary/aromatic N) is 4. The average Bonchev–Trinajstić information content (AvgIpc) is 3.00. The minimum atomic E-state index is -0.0370. The minimum absolute atomic E-state index is 0.0370. The van der Waals surface area contributed by atoms with E-state index >= 15 is 0 Å². The molecular formula is C35H36ClN5O2. The van der Waals surface area contributed by atoms with Crippen LogP contribution in [0.1, 0.15) is 39.1 Å². The van der Waals surface area contributed by atoms with Crippen LogP contribution in [0.2, 0.25) is 5.02 Å². The lowest BCUT2D eigenvalue weighted by Crippen LogP contribution is -2.01. The molecule has 0 radical (unpaired) electrons. The van der Waals surface area contributed by atoms with Crippen molar-refractivity contribution >= 4 is 11.6 Å². The summed E-state index contributed by atoms with van der Waals surface area (Å²) in [5, 5.41) is 17.5. The minimum Gasteiger partial charge on any atom is -0.481 e. The fourth-order valence-electron chi connectivity index (χ4n) is 2.93. The van der Waals surface area contributed by atoms with E-state index in [9.17, 15) is 4.79 Å². The highest BCUT2D eigenvalue weighted by Gasteiger charge is 1.89. The van der Waals surface area contributed by atoms with Crippen LogP contribution in [0.4, 0.5) is 0 Å². The van der Waals surface area contributed by atoms with Gasteiger partial charge in [0.2, 0.25) is 11.4 Å². The van der Waals surface area contributed by atoms with Gasteiger partial charge in [-0.25, -0.2) is 9.97 Å². The summed E-state index contributed by atoms with van der Waals surface area (Å²) in [5.41, 5.74) is 6.83. The molecular weight excluding hydrogens is 558 g/mol. The highest BCUT2D eigenvalue weighted by molar-refractivity contribution is 6.30. The van der Waals surface area contributed by atoms with Crippen LogP contribution in [0.25, 0.3) is 0 Å². The van der Waals surface area contributed by atoms with E-state index in [4.69, 9.17) is 26.9 Å². The van der Waals surface area contributed by atoms with Gasteiger partial charge < -0.3 is 9.72 Å². The van der Waals surface area contributed by atoms with E-state index in [1.807, 2.05) is 113 Å². The summed E-state index contributed by atoms with van der Waals surface area (Å²) in [6.45, 7) is 9.86. The Morgan fingerprint density at radius 3 is 1.58 bits per heavy atom. The van der Waals surface area contributed by atoms with Gasteiger partial charge in [0.15, 0.2) is 0 Å². The first-order valence-corrected chi connectivity index (χ1v) is 13.6. The summed E-state index contributed by atoms with van der Waals surface area (Å²) in [4.78, 5) is 20.7. The van der Waals surface area contributed by atoms with Crippen LogP contribution in [-0.4, -0.2) is 22.1 Å². The summed E-state index contributed by atoms with van der Waals surface area (Å²) >= 11 is 5.61. The molecule has 7 nitrogen and oxygen atoms in total. The second kappa shape index (κ2) is 20.6. The van der Waals surface area contributed by atoms with Crippen LogP contribution in [0.5, 0.6) is 5.88 Å². The van der Waals surface area contributed by atoms with Crippen LogP contribution in [-0.2, 0) is 0 Å². The molecule has 220 valence electrons. The molecule has 0 aliphatic carbocycles. The Morgan fingerprint density at radius 2 is 1.21 bits per heavy atom. The number of H-pyrrole nitrogens is 1. The van der Waals surface area contributed by atoms with Gasteiger partial charge in [-0.15, -0.1) is 0 Å². The van der Waals surface area contributed by atoms with Crippen molar-refractivity contribution in [2.75, 3.05) is 7.11 Å². The Labute approximate surface area is 259 Å². The number of ether oxygens (including phenoxy) is 1. The van der Waals surface area contributed by atoms with Crippen molar-refractivity contribution in [1.29, 1.82) is 10.5 Å². The molecule has 8 heteroatoms. The number of nitrogens with one attached hydrogen (secondary N) is 1. The molecule has 2 aromatic carbocycles. The Morgan fingerprint density at radius 1 is 0.674 bits per heavy atom. The third-order valence-corrected chi connectivity index (χ3v) is 5.50. The second-order valence-corrected chi connectivity index (χ2v) is 9.65. The van der Waals surface area contributed by atoms with Crippen molar-refractivity contribution in [3.63, 3.8) is 0 Å². The van der Waals surface area contributed by atoms with Crippen molar-refractivity contribution in [3.8, 4) is 18.0 Å². The maximum Gasteiger partial charge on any atom is 0.248 e. The predicted octanol–water partition coefficient (Wildman–Crippen LogP) is 7.86. The molecule has 0 spiro atoms. The zero-order valence-electron chi connectivity index (χ0n) is 25.3. The van der Waals surface area contributed by atoms with Crippen molar-refractivity contribution in [2.45, 2.75) is 34.6 Å². The number of rotatable bonds is 1. The van der Waals surface area contributed by atoms with Gasteiger partial charge >= 0.3 is 0 Å². The van der Waals surface area contributed by atoms with Gasteiger partial charge in [-0.2, -0.15) is 10.5 Å². The van der Waals surface area contributed by atoms with Gasteiger partial charge in [-0.05, 0) is 99.8 Å². The Hall–Kier alpha value is -5.24. The summed E-state index contributed by atoms with van der Waals surface area (Å²) < 4.78 is 4.88. The van der Waals surface area contributed by atoms with Gasteiger partial charge in [0.1, 0.15) is 11.8 Å². The van der Waals surface area contributed by atoms with Crippen LogP contribution >= 0.6 is 11.6 Å². The number of halogens is 1. The number of benzene rings is 2. The van der Waals surface area contributed by atoms with E-state index in [1.54, 1.807) is 37.8 Å². The molecule has 1 N–H and O–H groups in total.